The van der Waals surface area contributed by atoms with Crippen molar-refractivity contribution in [3.8, 4) is 0 Å². The Morgan fingerprint density at radius 2 is 2.00 bits per heavy atom. The van der Waals surface area contributed by atoms with Crippen molar-refractivity contribution in [1.82, 2.24) is 15.1 Å². The number of nitrogens with zero attached hydrogens (tertiary/aromatic N) is 2. The third kappa shape index (κ3) is 3.43. The number of aromatic amines is 1. The minimum absolute atomic E-state index is 0.0399. The molecule has 3 rings (SSSR count). The van der Waals surface area contributed by atoms with Gasteiger partial charge in [0, 0.05) is 23.4 Å². The zero-order chi connectivity index (χ0) is 18.0. The molecule has 1 aliphatic heterocycles. The summed E-state index contributed by atoms with van der Waals surface area (Å²) in [7, 11) is 0. The molecule has 4 heteroatoms. The number of hydrogen-bond donors (Lipinski definition) is 1. The van der Waals surface area contributed by atoms with Crippen molar-refractivity contribution in [2.75, 3.05) is 6.54 Å². The molecule has 1 N–H and O–H groups in total. The van der Waals surface area contributed by atoms with Gasteiger partial charge in [0.15, 0.2) is 0 Å². The highest BCUT2D eigenvalue weighted by Crippen LogP contribution is 2.33. The summed E-state index contributed by atoms with van der Waals surface area (Å²) >= 11 is 0. The maximum Gasteiger partial charge on any atom is 0.254 e. The molecule has 2 heterocycles. The molecular formula is C21H25N3O. The smallest absolute Gasteiger partial charge is 0.254 e. The van der Waals surface area contributed by atoms with Gasteiger partial charge in [0.05, 0.1) is 11.7 Å². The summed E-state index contributed by atoms with van der Waals surface area (Å²) in [4.78, 5) is 15.1. The number of likely N-dealkylation sites (tertiary alicyclic amines) is 1. The minimum atomic E-state index is 0.0399. The molecule has 0 bridgehead atoms. The van der Waals surface area contributed by atoms with Crippen molar-refractivity contribution in [3.63, 3.8) is 0 Å². The van der Waals surface area contributed by atoms with Crippen molar-refractivity contribution in [2.24, 2.45) is 0 Å². The molecule has 1 aliphatic rings. The second kappa shape index (κ2) is 7.09. The first-order chi connectivity index (χ1) is 12.0. The predicted octanol–water partition coefficient (Wildman–Crippen LogP) is 4.27. The number of rotatable bonds is 4. The van der Waals surface area contributed by atoms with E-state index in [1.165, 1.54) is 11.1 Å². The van der Waals surface area contributed by atoms with Crippen molar-refractivity contribution in [2.45, 2.75) is 39.7 Å². The lowest BCUT2D eigenvalue weighted by Gasteiger charge is -2.25. The summed E-state index contributed by atoms with van der Waals surface area (Å²) in [6, 6.07) is 8.63. The molecule has 1 aromatic heterocycles. The van der Waals surface area contributed by atoms with Gasteiger partial charge in [-0.05, 0) is 45.3 Å². The summed E-state index contributed by atoms with van der Waals surface area (Å²) in [5.41, 5.74) is 5.87. The molecule has 1 atom stereocenters. The first kappa shape index (κ1) is 17.2. The SMILES string of the molecule is C=C/C(=C\c1c(C)n[nH]c1C)C(=O)N1CCCC1c1ccc(C)cc1. The molecule has 1 fully saturated rings. The number of aryl methyl sites for hydroxylation is 3. The quantitative estimate of drug-likeness (QED) is 0.670. The van der Waals surface area contributed by atoms with Crippen molar-refractivity contribution in [1.29, 1.82) is 0 Å². The number of amides is 1. The minimum Gasteiger partial charge on any atom is -0.332 e. The molecule has 0 spiro atoms. The Bertz CT molecular complexity index is 795. The molecular weight excluding hydrogens is 310 g/mol. The molecule has 130 valence electrons. The Morgan fingerprint density at radius 3 is 2.60 bits per heavy atom. The highest BCUT2D eigenvalue weighted by molar-refractivity contribution is 6.01. The van der Waals surface area contributed by atoms with Gasteiger partial charge in [-0.15, -0.1) is 0 Å². The van der Waals surface area contributed by atoms with Crippen LogP contribution >= 0.6 is 0 Å². The third-order valence-electron chi connectivity index (χ3n) is 4.93. The van der Waals surface area contributed by atoms with Crippen LogP contribution < -0.4 is 0 Å². The van der Waals surface area contributed by atoms with Crippen LogP contribution in [-0.2, 0) is 4.79 Å². The topological polar surface area (TPSA) is 49.0 Å². The van der Waals surface area contributed by atoms with E-state index in [0.29, 0.717) is 5.57 Å². The third-order valence-corrected chi connectivity index (χ3v) is 4.93. The molecule has 25 heavy (non-hydrogen) atoms. The number of carbonyl (C=O) groups is 1. The Labute approximate surface area is 149 Å². The molecule has 4 nitrogen and oxygen atoms in total. The molecule has 0 aliphatic carbocycles. The van der Waals surface area contributed by atoms with E-state index in [1.807, 2.05) is 24.8 Å². The van der Waals surface area contributed by atoms with Crippen molar-refractivity contribution < 1.29 is 4.79 Å². The second-order valence-corrected chi connectivity index (χ2v) is 6.72. The Kier molecular flexibility index (Phi) is 4.88. The van der Waals surface area contributed by atoms with E-state index in [2.05, 4.69) is 48.0 Å². The standard InChI is InChI=1S/C21H25N3O/c1-5-17(13-19-15(3)22-23-16(19)4)21(25)24-12-6-7-20(24)18-10-8-14(2)9-11-18/h5,8-11,13,20H,1,6-7,12H2,2-4H3,(H,22,23)/b17-13+. The zero-order valence-electron chi connectivity index (χ0n) is 15.2. The fourth-order valence-corrected chi connectivity index (χ4v) is 3.45. The number of aromatic nitrogens is 2. The van der Waals surface area contributed by atoms with Crippen LogP contribution in [0.5, 0.6) is 0 Å². The average Bonchev–Trinajstić information content (AvgIpc) is 3.21. The van der Waals surface area contributed by atoms with Crippen LogP contribution in [0.15, 0.2) is 42.5 Å². The molecule has 1 aromatic carbocycles. The van der Waals surface area contributed by atoms with Gasteiger partial charge < -0.3 is 4.90 Å². The normalized spacial score (nSPS) is 17.8. The number of hydrogen-bond acceptors (Lipinski definition) is 2. The average molecular weight is 335 g/mol. The van der Waals surface area contributed by atoms with Gasteiger partial charge >= 0.3 is 0 Å². The fourth-order valence-electron chi connectivity index (χ4n) is 3.45. The van der Waals surface area contributed by atoms with Gasteiger partial charge in [-0.2, -0.15) is 5.10 Å². The van der Waals surface area contributed by atoms with Crippen molar-refractivity contribution >= 4 is 12.0 Å². The van der Waals surface area contributed by atoms with E-state index in [4.69, 9.17) is 0 Å². The van der Waals surface area contributed by atoms with Crippen LogP contribution in [0.4, 0.5) is 0 Å². The Morgan fingerprint density at radius 1 is 1.28 bits per heavy atom. The van der Waals surface area contributed by atoms with E-state index in [9.17, 15) is 4.79 Å². The number of benzene rings is 1. The summed E-state index contributed by atoms with van der Waals surface area (Å²) < 4.78 is 0. The van der Waals surface area contributed by atoms with E-state index in [-0.39, 0.29) is 11.9 Å². The van der Waals surface area contributed by atoms with E-state index >= 15 is 0 Å². The molecule has 2 aromatic rings. The van der Waals surface area contributed by atoms with E-state index in [0.717, 1.165) is 36.3 Å². The Hall–Kier alpha value is -2.62. The molecule has 1 amide bonds. The molecule has 0 radical (unpaired) electrons. The van der Waals surface area contributed by atoms with Crippen LogP contribution in [0.2, 0.25) is 0 Å². The summed E-state index contributed by atoms with van der Waals surface area (Å²) in [5.74, 6) is 0.0399. The lowest BCUT2D eigenvalue weighted by Crippen LogP contribution is -2.31. The van der Waals surface area contributed by atoms with Gasteiger partial charge in [-0.1, -0.05) is 42.5 Å². The van der Waals surface area contributed by atoms with Gasteiger partial charge in [0.25, 0.3) is 5.91 Å². The maximum absolute atomic E-state index is 13.1. The van der Waals surface area contributed by atoms with Crippen LogP contribution in [0.1, 0.15) is 47.0 Å². The second-order valence-electron chi connectivity index (χ2n) is 6.72. The lowest BCUT2D eigenvalue weighted by molar-refractivity contribution is -0.127. The molecule has 1 saturated heterocycles. The summed E-state index contributed by atoms with van der Waals surface area (Å²) in [6.07, 6.45) is 5.58. The Balaban J connectivity index is 1.89. The van der Waals surface area contributed by atoms with Crippen LogP contribution in [0, 0.1) is 20.8 Å². The highest BCUT2D eigenvalue weighted by Gasteiger charge is 2.31. The monoisotopic (exact) mass is 335 g/mol. The number of carbonyl (C=O) groups excluding carboxylic acids is 1. The number of H-pyrrole nitrogens is 1. The van der Waals surface area contributed by atoms with Gasteiger partial charge in [-0.3, -0.25) is 9.89 Å². The van der Waals surface area contributed by atoms with Crippen LogP contribution in [-0.4, -0.2) is 27.5 Å². The van der Waals surface area contributed by atoms with Crippen LogP contribution in [0.25, 0.3) is 6.08 Å². The van der Waals surface area contributed by atoms with Crippen molar-refractivity contribution in [3.05, 3.63) is 70.6 Å². The molecule has 1 unspecified atom stereocenters. The first-order valence-electron chi connectivity index (χ1n) is 8.74. The van der Waals surface area contributed by atoms with E-state index < -0.39 is 0 Å². The van der Waals surface area contributed by atoms with Gasteiger partial charge in [0.2, 0.25) is 0 Å². The lowest BCUT2D eigenvalue weighted by atomic mass is 10.0. The summed E-state index contributed by atoms with van der Waals surface area (Å²) in [6.45, 7) is 10.6. The molecule has 0 saturated carbocycles. The summed E-state index contributed by atoms with van der Waals surface area (Å²) in [5, 5.41) is 7.16. The predicted molar refractivity (Wildman–Crippen MR) is 101 cm³/mol. The largest absolute Gasteiger partial charge is 0.332 e. The highest BCUT2D eigenvalue weighted by atomic mass is 16.2. The van der Waals surface area contributed by atoms with Gasteiger partial charge in [-0.25, -0.2) is 0 Å². The maximum atomic E-state index is 13.1. The first-order valence-corrected chi connectivity index (χ1v) is 8.74. The fraction of sp³-hybridized carbons (Fsp3) is 0.333. The van der Waals surface area contributed by atoms with E-state index in [1.54, 1.807) is 6.08 Å². The van der Waals surface area contributed by atoms with Gasteiger partial charge in [0.1, 0.15) is 0 Å². The zero-order valence-corrected chi connectivity index (χ0v) is 15.2. The number of nitrogens with one attached hydrogen (secondary N) is 1. The van der Waals surface area contributed by atoms with Crippen LogP contribution in [0.3, 0.4) is 0 Å².